The highest BCUT2D eigenvalue weighted by Crippen LogP contribution is 2.38. The van der Waals surface area contributed by atoms with Crippen LogP contribution in [0.4, 0.5) is 0 Å². The molecule has 0 aliphatic heterocycles. The van der Waals surface area contributed by atoms with E-state index in [2.05, 4.69) is 4.98 Å². The van der Waals surface area contributed by atoms with Crippen LogP contribution in [-0.2, 0) is 11.3 Å². The Morgan fingerprint density at radius 1 is 1.45 bits per heavy atom. The minimum Gasteiger partial charge on any atom is -0.340 e. The Labute approximate surface area is 137 Å². The SMILES string of the molecule is Cc1ncsc1CN(C)C(=O)C1(CN)CCCC1.Cl.Cl. The highest BCUT2D eigenvalue weighted by atomic mass is 35.5. The van der Waals surface area contributed by atoms with Crippen molar-refractivity contribution in [2.75, 3.05) is 13.6 Å². The van der Waals surface area contributed by atoms with E-state index < -0.39 is 0 Å². The maximum Gasteiger partial charge on any atom is 0.230 e. The summed E-state index contributed by atoms with van der Waals surface area (Å²) in [6.07, 6.45) is 4.12. The van der Waals surface area contributed by atoms with Crippen LogP contribution in [0.25, 0.3) is 0 Å². The zero-order chi connectivity index (χ0) is 13.2. The van der Waals surface area contributed by atoms with E-state index in [9.17, 15) is 4.79 Å². The topological polar surface area (TPSA) is 59.2 Å². The van der Waals surface area contributed by atoms with Crippen molar-refractivity contribution in [1.29, 1.82) is 0 Å². The van der Waals surface area contributed by atoms with Crippen LogP contribution in [0, 0.1) is 12.3 Å². The zero-order valence-corrected chi connectivity index (χ0v) is 14.4. The van der Waals surface area contributed by atoms with E-state index in [1.54, 1.807) is 11.3 Å². The molecular formula is C13H23Cl2N3OS. The summed E-state index contributed by atoms with van der Waals surface area (Å²) in [6.45, 7) is 3.10. The smallest absolute Gasteiger partial charge is 0.230 e. The molecule has 1 aliphatic carbocycles. The van der Waals surface area contributed by atoms with Crippen LogP contribution >= 0.6 is 36.2 Å². The van der Waals surface area contributed by atoms with Gasteiger partial charge >= 0.3 is 0 Å². The molecule has 0 bridgehead atoms. The molecule has 0 atom stereocenters. The fourth-order valence-corrected chi connectivity index (χ4v) is 3.56. The van der Waals surface area contributed by atoms with Gasteiger partial charge in [0.25, 0.3) is 0 Å². The lowest BCUT2D eigenvalue weighted by molar-refractivity contribution is -0.140. The number of carbonyl (C=O) groups excluding carboxylic acids is 1. The van der Waals surface area contributed by atoms with Gasteiger partial charge < -0.3 is 10.6 Å². The number of hydrogen-bond acceptors (Lipinski definition) is 4. The second-order valence-corrected chi connectivity index (χ2v) is 6.15. The Morgan fingerprint density at radius 2 is 2.05 bits per heavy atom. The van der Waals surface area contributed by atoms with Gasteiger partial charge in [-0.1, -0.05) is 12.8 Å². The molecule has 1 saturated carbocycles. The standard InChI is InChI=1S/C13H21N3OS.2ClH/c1-10-11(18-9-15-10)7-16(2)12(17)13(8-14)5-3-4-6-13;;/h9H,3-8,14H2,1-2H3;2*1H. The highest BCUT2D eigenvalue weighted by molar-refractivity contribution is 7.09. The van der Waals surface area contributed by atoms with Gasteiger partial charge in [-0.25, -0.2) is 4.98 Å². The normalized spacial score (nSPS) is 16.1. The fourth-order valence-electron chi connectivity index (χ4n) is 2.73. The van der Waals surface area contributed by atoms with Gasteiger partial charge in [0.05, 0.1) is 23.2 Å². The molecule has 2 N–H and O–H groups in total. The molecule has 0 radical (unpaired) electrons. The van der Waals surface area contributed by atoms with Crippen molar-refractivity contribution in [2.45, 2.75) is 39.2 Å². The molecule has 0 saturated heterocycles. The lowest BCUT2D eigenvalue weighted by Crippen LogP contribution is -2.44. The van der Waals surface area contributed by atoms with Crippen LogP contribution in [0.3, 0.4) is 0 Å². The van der Waals surface area contributed by atoms with Gasteiger partial charge in [-0.2, -0.15) is 0 Å². The maximum atomic E-state index is 12.6. The van der Waals surface area contributed by atoms with E-state index in [1.807, 2.05) is 24.4 Å². The van der Waals surface area contributed by atoms with Crippen molar-refractivity contribution >= 4 is 42.1 Å². The predicted molar refractivity (Wildman–Crippen MR) is 87.8 cm³/mol. The van der Waals surface area contributed by atoms with E-state index in [0.717, 1.165) is 36.3 Å². The molecule has 116 valence electrons. The van der Waals surface area contributed by atoms with Crippen molar-refractivity contribution in [3.05, 3.63) is 16.1 Å². The van der Waals surface area contributed by atoms with Crippen LogP contribution < -0.4 is 5.73 Å². The van der Waals surface area contributed by atoms with Gasteiger partial charge in [0.1, 0.15) is 0 Å². The Hall–Kier alpha value is -0.360. The zero-order valence-electron chi connectivity index (χ0n) is 11.9. The first kappa shape index (κ1) is 19.6. The van der Waals surface area contributed by atoms with Gasteiger partial charge in [-0.05, 0) is 19.8 Å². The maximum absolute atomic E-state index is 12.6. The number of thiazole rings is 1. The van der Waals surface area contributed by atoms with Gasteiger partial charge in [0.15, 0.2) is 0 Å². The third-order valence-corrected chi connectivity index (χ3v) is 4.90. The summed E-state index contributed by atoms with van der Waals surface area (Å²) in [5, 5.41) is 0. The minimum absolute atomic E-state index is 0. The molecule has 1 heterocycles. The largest absolute Gasteiger partial charge is 0.340 e. The van der Waals surface area contributed by atoms with E-state index in [0.29, 0.717) is 13.1 Å². The van der Waals surface area contributed by atoms with Crippen LogP contribution in [0.15, 0.2) is 5.51 Å². The number of nitrogens with zero attached hydrogens (tertiary/aromatic N) is 2. The Morgan fingerprint density at radius 3 is 2.50 bits per heavy atom. The van der Waals surface area contributed by atoms with E-state index in [1.165, 1.54) is 0 Å². The molecule has 0 aromatic carbocycles. The van der Waals surface area contributed by atoms with Crippen molar-refractivity contribution in [3.8, 4) is 0 Å². The van der Waals surface area contributed by atoms with Crippen molar-refractivity contribution < 1.29 is 4.79 Å². The molecule has 1 aromatic heterocycles. The number of amides is 1. The number of aryl methyl sites for hydroxylation is 1. The molecule has 1 amide bonds. The quantitative estimate of drug-likeness (QED) is 0.917. The van der Waals surface area contributed by atoms with Crippen LogP contribution in [0.2, 0.25) is 0 Å². The Balaban J connectivity index is 0.00000180. The number of halogens is 2. The van der Waals surface area contributed by atoms with Crippen molar-refractivity contribution in [1.82, 2.24) is 9.88 Å². The average Bonchev–Trinajstić information content (AvgIpc) is 2.99. The summed E-state index contributed by atoms with van der Waals surface area (Å²) >= 11 is 1.61. The van der Waals surface area contributed by atoms with Gasteiger partial charge in [0.2, 0.25) is 5.91 Å². The second kappa shape index (κ2) is 8.17. The third kappa shape index (κ3) is 3.85. The van der Waals surface area contributed by atoms with Gasteiger partial charge in [0, 0.05) is 18.5 Å². The number of carbonyl (C=O) groups is 1. The third-order valence-electron chi connectivity index (χ3n) is 3.98. The molecule has 20 heavy (non-hydrogen) atoms. The second-order valence-electron chi connectivity index (χ2n) is 5.21. The molecule has 1 aliphatic rings. The molecule has 2 rings (SSSR count). The lowest BCUT2D eigenvalue weighted by Gasteiger charge is -2.31. The van der Waals surface area contributed by atoms with Crippen LogP contribution in [0.5, 0.6) is 0 Å². The van der Waals surface area contributed by atoms with Gasteiger partial charge in [-0.15, -0.1) is 36.2 Å². The van der Waals surface area contributed by atoms with E-state index in [4.69, 9.17) is 5.73 Å². The average molecular weight is 340 g/mol. The predicted octanol–water partition coefficient (Wildman–Crippen LogP) is 2.77. The fraction of sp³-hybridized carbons (Fsp3) is 0.692. The first-order valence-corrected chi connectivity index (χ1v) is 7.31. The molecule has 1 fully saturated rings. The lowest BCUT2D eigenvalue weighted by atomic mass is 9.85. The highest BCUT2D eigenvalue weighted by Gasteiger charge is 2.41. The summed E-state index contributed by atoms with van der Waals surface area (Å²) in [4.78, 5) is 19.8. The number of hydrogen-bond donors (Lipinski definition) is 1. The molecule has 4 nitrogen and oxygen atoms in total. The first-order valence-electron chi connectivity index (χ1n) is 6.44. The summed E-state index contributed by atoms with van der Waals surface area (Å²) < 4.78 is 0. The van der Waals surface area contributed by atoms with Crippen LogP contribution in [-0.4, -0.2) is 29.4 Å². The Bertz CT molecular complexity index is 433. The molecular weight excluding hydrogens is 317 g/mol. The number of aromatic nitrogens is 1. The summed E-state index contributed by atoms with van der Waals surface area (Å²) in [6, 6.07) is 0. The minimum atomic E-state index is -0.298. The molecule has 1 aromatic rings. The van der Waals surface area contributed by atoms with Crippen molar-refractivity contribution in [2.24, 2.45) is 11.1 Å². The van der Waals surface area contributed by atoms with E-state index in [-0.39, 0.29) is 36.1 Å². The summed E-state index contributed by atoms with van der Waals surface area (Å²) in [5.41, 5.74) is 8.41. The first-order chi connectivity index (χ1) is 8.59. The Kier molecular flexibility index (Phi) is 8.03. The van der Waals surface area contributed by atoms with E-state index >= 15 is 0 Å². The summed E-state index contributed by atoms with van der Waals surface area (Å²) in [7, 11) is 1.87. The van der Waals surface area contributed by atoms with Crippen molar-refractivity contribution in [3.63, 3.8) is 0 Å². The number of nitrogens with two attached hydrogens (primary N) is 1. The molecule has 7 heteroatoms. The molecule has 0 spiro atoms. The van der Waals surface area contributed by atoms with Gasteiger partial charge in [-0.3, -0.25) is 4.79 Å². The monoisotopic (exact) mass is 339 g/mol. The summed E-state index contributed by atoms with van der Waals surface area (Å²) in [5.74, 6) is 0.204. The van der Waals surface area contributed by atoms with Crippen LogP contribution in [0.1, 0.15) is 36.3 Å². The number of rotatable bonds is 4. The molecule has 0 unspecified atom stereocenters.